The summed E-state index contributed by atoms with van der Waals surface area (Å²) in [4.78, 5) is 13.7. The van der Waals surface area contributed by atoms with Crippen LogP contribution >= 0.6 is 0 Å². The minimum atomic E-state index is -3.84. The van der Waals surface area contributed by atoms with Crippen LogP contribution in [-0.2, 0) is 14.8 Å². The van der Waals surface area contributed by atoms with Crippen LogP contribution in [0.5, 0.6) is 0 Å². The molecule has 110 valence electrons. The Morgan fingerprint density at radius 1 is 1.43 bits per heavy atom. The van der Waals surface area contributed by atoms with E-state index in [1.165, 1.54) is 10.4 Å². The highest BCUT2D eigenvalue weighted by atomic mass is 32.2. The first-order chi connectivity index (χ1) is 9.98. The zero-order valence-electron chi connectivity index (χ0n) is 11.0. The van der Waals surface area contributed by atoms with Gasteiger partial charge in [0.25, 0.3) is 0 Å². The number of hydrogen-bond acceptors (Lipinski definition) is 5. The molecular weight excluding hydrogens is 297 g/mol. The third-order valence-electron chi connectivity index (χ3n) is 3.29. The molecule has 1 unspecified atom stereocenters. The third-order valence-corrected chi connectivity index (χ3v) is 5.15. The van der Waals surface area contributed by atoms with Crippen molar-refractivity contribution in [2.45, 2.75) is 23.8 Å². The van der Waals surface area contributed by atoms with Crippen LogP contribution in [0, 0.1) is 17.1 Å². The molecule has 0 aliphatic carbocycles. The maximum Gasteiger partial charge on any atom is 0.243 e. The number of isocyanates is 1. The molecule has 2 rings (SSSR count). The number of piperidine rings is 1. The maximum absolute atomic E-state index is 13.3. The van der Waals surface area contributed by atoms with Crippen molar-refractivity contribution in [1.82, 2.24) is 4.31 Å². The van der Waals surface area contributed by atoms with E-state index >= 15 is 0 Å². The molecular formula is C13H12FN3O3S. The number of nitrogens with zero attached hydrogens (tertiary/aromatic N) is 3. The summed E-state index contributed by atoms with van der Waals surface area (Å²) in [6.07, 6.45) is 2.63. The normalized spacial score (nSPS) is 19.5. The minimum Gasteiger partial charge on any atom is -0.211 e. The lowest BCUT2D eigenvalue weighted by molar-refractivity contribution is 0.316. The van der Waals surface area contributed by atoms with Crippen LogP contribution in [0.2, 0.25) is 0 Å². The standard InChI is InChI=1S/C13H12FN3O3S/c14-13-4-3-12(6-10(13)7-15)21(19,20)17-5-1-2-11(8-17)16-9-18/h3-4,6,11H,1-2,5,8H2. The highest BCUT2D eigenvalue weighted by Crippen LogP contribution is 2.23. The molecule has 8 heteroatoms. The SMILES string of the molecule is N#Cc1cc(S(=O)(=O)N2CCCC(N=C=O)C2)ccc1F. The Morgan fingerprint density at radius 2 is 2.19 bits per heavy atom. The number of benzene rings is 1. The number of nitriles is 1. The number of sulfonamides is 1. The monoisotopic (exact) mass is 309 g/mol. The molecule has 0 N–H and O–H groups in total. The average molecular weight is 309 g/mol. The van der Waals surface area contributed by atoms with E-state index in [9.17, 15) is 17.6 Å². The molecule has 0 bridgehead atoms. The van der Waals surface area contributed by atoms with E-state index in [0.717, 1.165) is 18.2 Å². The van der Waals surface area contributed by atoms with E-state index in [0.29, 0.717) is 19.4 Å². The number of carbonyl (C=O) groups excluding carboxylic acids is 1. The summed E-state index contributed by atoms with van der Waals surface area (Å²) in [5.74, 6) is -0.765. The largest absolute Gasteiger partial charge is 0.243 e. The fourth-order valence-electron chi connectivity index (χ4n) is 2.22. The second kappa shape index (κ2) is 6.14. The van der Waals surface area contributed by atoms with E-state index in [1.807, 2.05) is 0 Å². The van der Waals surface area contributed by atoms with Gasteiger partial charge in [0.2, 0.25) is 16.1 Å². The van der Waals surface area contributed by atoms with Crippen LogP contribution < -0.4 is 0 Å². The van der Waals surface area contributed by atoms with Gasteiger partial charge in [-0.2, -0.15) is 9.57 Å². The van der Waals surface area contributed by atoms with Crippen LogP contribution in [0.25, 0.3) is 0 Å². The van der Waals surface area contributed by atoms with E-state index in [1.54, 1.807) is 6.07 Å². The predicted molar refractivity (Wildman–Crippen MR) is 71.0 cm³/mol. The molecule has 1 aromatic rings. The minimum absolute atomic E-state index is 0.0802. The lowest BCUT2D eigenvalue weighted by atomic mass is 10.1. The van der Waals surface area contributed by atoms with Gasteiger partial charge < -0.3 is 0 Å². The fourth-order valence-corrected chi connectivity index (χ4v) is 3.76. The number of halogens is 1. The summed E-state index contributed by atoms with van der Waals surface area (Å²) in [5, 5.41) is 8.77. The predicted octanol–water partition coefficient (Wildman–Crippen LogP) is 1.19. The number of rotatable bonds is 3. The molecule has 1 heterocycles. The Hall–Kier alpha value is -2.07. The first kappa shape index (κ1) is 15.3. The lowest BCUT2D eigenvalue weighted by Gasteiger charge is -2.29. The van der Waals surface area contributed by atoms with Crippen LogP contribution in [-0.4, -0.2) is 37.9 Å². The van der Waals surface area contributed by atoms with Crippen molar-refractivity contribution in [2.75, 3.05) is 13.1 Å². The molecule has 6 nitrogen and oxygen atoms in total. The van der Waals surface area contributed by atoms with Gasteiger partial charge in [-0.3, -0.25) is 0 Å². The molecule has 1 fully saturated rings. The zero-order valence-corrected chi connectivity index (χ0v) is 11.8. The molecule has 1 atom stereocenters. The topological polar surface area (TPSA) is 90.6 Å². The molecule has 1 aliphatic heterocycles. The van der Waals surface area contributed by atoms with Gasteiger partial charge in [-0.25, -0.2) is 22.6 Å². The third kappa shape index (κ3) is 3.16. The van der Waals surface area contributed by atoms with Crippen LogP contribution in [0.3, 0.4) is 0 Å². The van der Waals surface area contributed by atoms with Crippen molar-refractivity contribution in [1.29, 1.82) is 5.26 Å². The van der Waals surface area contributed by atoms with E-state index < -0.39 is 21.9 Å². The number of aliphatic imine (C=N–C) groups is 1. The van der Waals surface area contributed by atoms with Gasteiger partial charge >= 0.3 is 0 Å². The van der Waals surface area contributed by atoms with E-state index in [4.69, 9.17) is 5.26 Å². The van der Waals surface area contributed by atoms with E-state index in [2.05, 4.69) is 4.99 Å². The lowest BCUT2D eigenvalue weighted by Crippen LogP contribution is -2.41. The second-order valence-corrected chi connectivity index (χ2v) is 6.57. The Morgan fingerprint density at radius 3 is 2.86 bits per heavy atom. The van der Waals surface area contributed by atoms with Gasteiger partial charge in [0.1, 0.15) is 11.9 Å². The van der Waals surface area contributed by atoms with Crippen LogP contribution in [0.15, 0.2) is 28.1 Å². The van der Waals surface area contributed by atoms with Crippen molar-refractivity contribution in [3.8, 4) is 6.07 Å². The average Bonchev–Trinajstić information content (AvgIpc) is 2.48. The molecule has 1 aliphatic rings. The molecule has 0 spiro atoms. The molecule has 0 aromatic heterocycles. The van der Waals surface area contributed by atoms with Crippen molar-refractivity contribution in [3.05, 3.63) is 29.6 Å². The highest BCUT2D eigenvalue weighted by Gasteiger charge is 2.30. The molecule has 0 radical (unpaired) electrons. The van der Waals surface area contributed by atoms with Gasteiger partial charge in [0.05, 0.1) is 16.5 Å². The van der Waals surface area contributed by atoms with Crippen molar-refractivity contribution in [2.24, 2.45) is 4.99 Å². The fraction of sp³-hybridized carbons (Fsp3) is 0.385. The molecule has 0 saturated carbocycles. The van der Waals surface area contributed by atoms with Crippen LogP contribution in [0.1, 0.15) is 18.4 Å². The maximum atomic E-state index is 13.3. The quantitative estimate of drug-likeness (QED) is 0.619. The van der Waals surface area contributed by atoms with Gasteiger partial charge in [-0.05, 0) is 31.0 Å². The first-order valence-corrected chi connectivity index (χ1v) is 7.70. The summed E-state index contributed by atoms with van der Waals surface area (Å²) in [6.45, 7) is 0.378. The summed E-state index contributed by atoms with van der Waals surface area (Å²) in [6, 6.07) is 4.29. The van der Waals surface area contributed by atoms with Gasteiger partial charge in [0.15, 0.2) is 0 Å². The Labute approximate surface area is 121 Å². The van der Waals surface area contributed by atoms with E-state index in [-0.39, 0.29) is 17.0 Å². The van der Waals surface area contributed by atoms with Crippen molar-refractivity contribution < 1.29 is 17.6 Å². The molecule has 0 amide bonds. The summed E-state index contributed by atoms with van der Waals surface area (Å²) >= 11 is 0. The van der Waals surface area contributed by atoms with Crippen molar-refractivity contribution >= 4 is 16.1 Å². The second-order valence-electron chi connectivity index (χ2n) is 4.63. The summed E-state index contributed by atoms with van der Waals surface area (Å²) in [7, 11) is -3.84. The molecule has 21 heavy (non-hydrogen) atoms. The Kier molecular flexibility index (Phi) is 4.48. The Balaban J connectivity index is 2.33. The van der Waals surface area contributed by atoms with Crippen molar-refractivity contribution in [3.63, 3.8) is 0 Å². The highest BCUT2D eigenvalue weighted by molar-refractivity contribution is 7.89. The van der Waals surface area contributed by atoms with Gasteiger partial charge in [-0.1, -0.05) is 0 Å². The molecule has 1 saturated heterocycles. The van der Waals surface area contributed by atoms with Crippen LogP contribution in [0.4, 0.5) is 4.39 Å². The first-order valence-electron chi connectivity index (χ1n) is 6.26. The Bertz CT molecular complexity index is 736. The summed E-state index contributed by atoms with van der Waals surface area (Å²) in [5.41, 5.74) is -0.324. The van der Waals surface area contributed by atoms with Gasteiger partial charge in [-0.15, -0.1) is 0 Å². The number of hydrogen-bond donors (Lipinski definition) is 0. The zero-order chi connectivity index (χ0) is 15.5. The summed E-state index contributed by atoms with van der Waals surface area (Å²) < 4.78 is 39.4. The molecule has 1 aromatic carbocycles. The smallest absolute Gasteiger partial charge is 0.211 e. The van der Waals surface area contributed by atoms with Gasteiger partial charge in [0, 0.05) is 13.1 Å².